The van der Waals surface area contributed by atoms with Crippen LogP contribution in [0.4, 0.5) is 4.79 Å². The number of carbonyl (C=O) groups excluding carboxylic acids is 2. The molecule has 1 aromatic carbocycles. The second kappa shape index (κ2) is 7.84. The third kappa shape index (κ3) is 4.17. The molecule has 0 N–H and O–H groups in total. The molecule has 6 heteroatoms. The van der Waals surface area contributed by atoms with Gasteiger partial charge in [0.25, 0.3) is 0 Å². The van der Waals surface area contributed by atoms with Crippen LogP contribution in [-0.4, -0.2) is 56.7 Å². The van der Waals surface area contributed by atoms with Crippen LogP contribution in [0.5, 0.6) is 0 Å². The predicted molar refractivity (Wildman–Crippen MR) is 105 cm³/mol. The zero-order chi connectivity index (χ0) is 19.7. The maximum absolute atomic E-state index is 13.1. The first kappa shape index (κ1) is 20.2. The van der Waals surface area contributed by atoms with Crippen molar-refractivity contribution in [2.24, 2.45) is 0 Å². The summed E-state index contributed by atoms with van der Waals surface area (Å²) < 4.78 is 11.5. The van der Waals surface area contributed by atoms with Crippen LogP contribution in [0.3, 0.4) is 0 Å². The van der Waals surface area contributed by atoms with E-state index >= 15 is 0 Å². The molecule has 3 rings (SSSR count). The molecule has 3 unspecified atom stereocenters. The molecule has 3 atom stereocenters. The van der Waals surface area contributed by atoms with Crippen molar-refractivity contribution in [3.8, 4) is 0 Å². The Labute approximate surface area is 167 Å². The van der Waals surface area contributed by atoms with Gasteiger partial charge in [0.05, 0.1) is 0 Å². The number of carbonyl (C=O) groups is 2. The monoisotopic (exact) mass is 439 g/mol. The first-order valence-corrected chi connectivity index (χ1v) is 11.3. The van der Waals surface area contributed by atoms with E-state index in [0.717, 1.165) is 36.6 Å². The van der Waals surface area contributed by atoms with Crippen LogP contribution >= 0.6 is 0 Å². The molecule has 2 fully saturated rings. The van der Waals surface area contributed by atoms with Gasteiger partial charge in [-0.2, -0.15) is 0 Å². The van der Waals surface area contributed by atoms with Crippen molar-refractivity contribution in [3.63, 3.8) is 0 Å². The summed E-state index contributed by atoms with van der Waals surface area (Å²) in [7, 11) is 1.46. The second-order valence-electron chi connectivity index (χ2n) is 8.32. The maximum atomic E-state index is 13.1. The molecule has 5 nitrogen and oxygen atoms in total. The molecule has 0 spiro atoms. The number of esters is 1. The number of benzene rings is 1. The van der Waals surface area contributed by atoms with Crippen LogP contribution in [0.15, 0.2) is 30.3 Å². The van der Waals surface area contributed by atoms with Gasteiger partial charge in [-0.1, -0.05) is 0 Å². The first-order valence-electron chi connectivity index (χ1n) is 9.60. The Morgan fingerprint density at radius 2 is 1.85 bits per heavy atom. The summed E-state index contributed by atoms with van der Waals surface area (Å²) >= 11 is -0.133. The van der Waals surface area contributed by atoms with Crippen LogP contribution in [0, 0.1) is 0 Å². The van der Waals surface area contributed by atoms with Gasteiger partial charge in [-0.25, -0.2) is 0 Å². The van der Waals surface area contributed by atoms with Crippen LogP contribution in [-0.2, 0) is 14.3 Å². The molecule has 0 aromatic heterocycles. The molecule has 1 aromatic rings. The SMILES string of the molecule is COC(=O)C1([Se]c2ccccc2)CCCC2CCC1N2C(=O)OC(C)(C)C. The van der Waals surface area contributed by atoms with Crippen molar-refractivity contribution in [2.75, 3.05) is 7.11 Å². The topological polar surface area (TPSA) is 55.8 Å². The molecule has 1 amide bonds. The minimum absolute atomic E-state index is 0.133. The Morgan fingerprint density at radius 1 is 1.15 bits per heavy atom. The third-order valence-electron chi connectivity index (χ3n) is 5.30. The van der Waals surface area contributed by atoms with E-state index < -0.39 is 9.91 Å². The van der Waals surface area contributed by atoms with Crippen molar-refractivity contribution < 1.29 is 19.1 Å². The van der Waals surface area contributed by atoms with Gasteiger partial charge in [-0.3, -0.25) is 0 Å². The van der Waals surface area contributed by atoms with E-state index in [-0.39, 0.29) is 39.1 Å². The summed E-state index contributed by atoms with van der Waals surface area (Å²) in [6.45, 7) is 5.64. The third-order valence-corrected chi connectivity index (χ3v) is 8.48. The van der Waals surface area contributed by atoms with Gasteiger partial charge < -0.3 is 0 Å². The van der Waals surface area contributed by atoms with Gasteiger partial charge in [-0.15, -0.1) is 0 Å². The van der Waals surface area contributed by atoms with E-state index in [9.17, 15) is 9.59 Å². The number of nitrogens with zero attached hydrogens (tertiary/aromatic N) is 1. The average molecular weight is 438 g/mol. The number of methoxy groups -OCH3 is 1. The van der Waals surface area contributed by atoms with Crippen molar-refractivity contribution in [1.82, 2.24) is 4.90 Å². The van der Waals surface area contributed by atoms with Gasteiger partial charge >= 0.3 is 168 Å². The van der Waals surface area contributed by atoms with Crippen LogP contribution in [0.25, 0.3) is 0 Å². The summed E-state index contributed by atoms with van der Waals surface area (Å²) in [6, 6.07) is 10.1. The molecule has 2 aliphatic rings. The van der Waals surface area contributed by atoms with Gasteiger partial charge in [0, 0.05) is 0 Å². The molecular weight excluding hydrogens is 409 g/mol. The van der Waals surface area contributed by atoms with Gasteiger partial charge in [0.15, 0.2) is 0 Å². The minimum atomic E-state index is -0.661. The molecule has 148 valence electrons. The Hall–Kier alpha value is -1.52. The molecular formula is C21H29NO4Se. The quantitative estimate of drug-likeness (QED) is 0.537. The van der Waals surface area contributed by atoms with E-state index in [4.69, 9.17) is 9.47 Å². The van der Waals surface area contributed by atoms with Crippen LogP contribution < -0.4 is 4.46 Å². The standard InChI is InChI=1S/C21H29NO4Se/c1-20(2,3)26-19(24)22-15-9-8-14-21(18(23)25-4,17(22)13-12-15)27-16-10-6-5-7-11-16/h5-7,10-11,15,17H,8-9,12-14H2,1-4H3. The number of fused-ring (bicyclic) bond motifs is 2. The number of hydrogen-bond donors (Lipinski definition) is 0. The second-order valence-corrected chi connectivity index (χ2v) is 11.3. The summed E-state index contributed by atoms with van der Waals surface area (Å²) in [5.41, 5.74) is -0.554. The van der Waals surface area contributed by atoms with E-state index in [0.29, 0.717) is 0 Å². The fourth-order valence-electron chi connectivity index (χ4n) is 4.25. The fourth-order valence-corrected chi connectivity index (χ4v) is 7.39. The Kier molecular flexibility index (Phi) is 5.87. The Morgan fingerprint density at radius 3 is 2.48 bits per heavy atom. The summed E-state index contributed by atoms with van der Waals surface area (Å²) in [4.78, 5) is 28.0. The normalized spacial score (nSPS) is 27.8. The molecule has 0 aliphatic carbocycles. The number of rotatable bonds is 3. The summed E-state index contributed by atoms with van der Waals surface area (Å²) in [6.07, 6.45) is 4.05. The number of amides is 1. The first-order chi connectivity index (χ1) is 12.8. The zero-order valence-corrected chi connectivity index (χ0v) is 18.3. The molecule has 0 radical (unpaired) electrons. The summed E-state index contributed by atoms with van der Waals surface area (Å²) in [5.74, 6) is -0.188. The van der Waals surface area contributed by atoms with Gasteiger partial charge in [0.2, 0.25) is 0 Å². The zero-order valence-electron chi connectivity index (χ0n) is 16.6. The predicted octanol–water partition coefficient (Wildman–Crippen LogP) is 3.30. The molecule has 0 saturated carbocycles. The van der Waals surface area contributed by atoms with Crippen LogP contribution in [0.2, 0.25) is 4.31 Å². The molecule has 2 bridgehead atoms. The van der Waals surface area contributed by atoms with Crippen molar-refractivity contribution in [2.45, 2.75) is 74.9 Å². The number of ether oxygens (including phenoxy) is 2. The van der Waals surface area contributed by atoms with Crippen molar-refractivity contribution >= 4 is 31.5 Å². The molecule has 2 heterocycles. The Bertz CT molecular complexity index is 687. The van der Waals surface area contributed by atoms with Crippen molar-refractivity contribution in [3.05, 3.63) is 30.3 Å². The average Bonchev–Trinajstić information content (AvgIpc) is 2.96. The van der Waals surface area contributed by atoms with Gasteiger partial charge in [0.1, 0.15) is 0 Å². The van der Waals surface area contributed by atoms with Crippen molar-refractivity contribution in [1.29, 1.82) is 0 Å². The Balaban J connectivity index is 1.99. The van der Waals surface area contributed by atoms with E-state index in [1.165, 1.54) is 7.11 Å². The molecule has 2 saturated heterocycles. The summed E-state index contributed by atoms with van der Waals surface area (Å²) in [5, 5.41) is 0. The number of hydrogen-bond acceptors (Lipinski definition) is 4. The van der Waals surface area contributed by atoms with E-state index in [1.807, 2.05) is 43.9 Å². The van der Waals surface area contributed by atoms with Gasteiger partial charge in [-0.05, 0) is 0 Å². The molecule has 2 aliphatic heterocycles. The fraction of sp³-hybridized carbons (Fsp3) is 0.619. The van der Waals surface area contributed by atoms with Crippen LogP contribution in [0.1, 0.15) is 52.9 Å². The van der Waals surface area contributed by atoms with E-state index in [1.54, 1.807) is 0 Å². The van der Waals surface area contributed by atoms with E-state index in [2.05, 4.69) is 12.1 Å². The molecule has 27 heavy (non-hydrogen) atoms.